The van der Waals surface area contributed by atoms with Crippen molar-refractivity contribution in [1.82, 2.24) is 4.90 Å². The van der Waals surface area contributed by atoms with Crippen LogP contribution in [0.3, 0.4) is 0 Å². The number of hydrogen-bond acceptors (Lipinski definition) is 2. The van der Waals surface area contributed by atoms with Gasteiger partial charge in [-0.15, -0.1) is 0 Å². The lowest BCUT2D eigenvalue weighted by Gasteiger charge is -2.34. The van der Waals surface area contributed by atoms with E-state index in [9.17, 15) is 0 Å². The molecule has 0 radical (unpaired) electrons. The molecule has 1 rings (SSSR count). The minimum atomic E-state index is 0.509. The largest absolute Gasteiger partial charge is 0.328 e. The summed E-state index contributed by atoms with van der Waals surface area (Å²) in [6.45, 7) is 1.22. The third-order valence-corrected chi connectivity index (χ3v) is 1.90. The molecule has 0 atom stereocenters. The summed E-state index contributed by atoms with van der Waals surface area (Å²) in [5.74, 6) is 0.884. The summed E-state index contributed by atoms with van der Waals surface area (Å²) in [5, 5.41) is 0. The fourth-order valence-electron chi connectivity index (χ4n) is 1.45. The Kier molecular flexibility index (Phi) is 2.09. The lowest BCUT2D eigenvalue weighted by atomic mass is 9.81. The first-order valence-electron chi connectivity index (χ1n) is 3.59. The summed E-state index contributed by atoms with van der Waals surface area (Å²) in [6.07, 6.45) is 2.47. The molecular weight excluding hydrogens is 112 g/mol. The molecule has 2 N–H and O–H groups in total. The van der Waals surface area contributed by atoms with Crippen molar-refractivity contribution >= 4 is 0 Å². The number of rotatable bonds is 2. The summed E-state index contributed by atoms with van der Waals surface area (Å²) in [5.41, 5.74) is 5.63. The van der Waals surface area contributed by atoms with Crippen molar-refractivity contribution in [3.05, 3.63) is 0 Å². The molecule has 1 aliphatic carbocycles. The van der Waals surface area contributed by atoms with Crippen LogP contribution in [-0.4, -0.2) is 31.6 Å². The van der Waals surface area contributed by atoms with Gasteiger partial charge in [-0.3, -0.25) is 0 Å². The van der Waals surface area contributed by atoms with Crippen LogP contribution in [-0.2, 0) is 0 Å². The van der Waals surface area contributed by atoms with Crippen molar-refractivity contribution in [3.8, 4) is 0 Å². The maximum atomic E-state index is 5.63. The second kappa shape index (κ2) is 2.67. The lowest BCUT2D eigenvalue weighted by Crippen LogP contribution is -2.40. The average molecular weight is 128 g/mol. The molecule has 54 valence electrons. The molecule has 1 saturated carbocycles. The first-order valence-corrected chi connectivity index (χ1v) is 3.59. The smallest absolute Gasteiger partial charge is 0.00450 e. The lowest BCUT2D eigenvalue weighted by molar-refractivity contribution is 0.202. The first kappa shape index (κ1) is 7.03. The number of nitrogens with zero attached hydrogens (tertiary/aromatic N) is 1. The molecule has 0 aromatic heterocycles. The Hall–Kier alpha value is -0.0800. The topological polar surface area (TPSA) is 29.3 Å². The van der Waals surface area contributed by atoms with Crippen molar-refractivity contribution in [3.63, 3.8) is 0 Å². The predicted octanol–water partition coefficient (Wildman–Crippen LogP) is 0.285. The van der Waals surface area contributed by atoms with Crippen molar-refractivity contribution < 1.29 is 0 Å². The molecule has 2 nitrogen and oxygen atoms in total. The molecule has 0 aromatic carbocycles. The first-order chi connectivity index (χ1) is 4.18. The van der Waals surface area contributed by atoms with Gasteiger partial charge in [0, 0.05) is 12.6 Å². The van der Waals surface area contributed by atoms with Crippen LogP contribution in [0.4, 0.5) is 0 Å². The van der Waals surface area contributed by atoms with Gasteiger partial charge < -0.3 is 10.6 Å². The van der Waals surface area contributed by atoms with E-state index in [-0.39, 0.29) is 0 Å². The number of nitrogens with two attached hydrogens (primary N) is 1. The summed E-state index contributed by atoms with van der Waals surface area (Å²) < 4.78 is 0. The van der Waals surface area contributed by atoms with Crippen LogP contribution in [0.1, 0.15) is 12.8 Å². The summed E-state index contributed by atoms with van der Waals surface area (Å²) in [6, 6.07) is 0.509. The van der Waals surface area contributed by atoms with Crippen LogP contribution in [0.2, 0.25) is 0 Å². The fourth-order valence-corrected chi connectivity index (χ4v) is 1.45. The normalized spacial score (nSPS) is 34.7. The van der Waals surface area contributed by atoms with E-state index in [1.807, 2.05) is 0 Å². The standard InChI is InChI=1S/C7H16N2/c1-9(2)5-6-3-7(8)4-6/h6-7H,3-5,8H2,1-2H3. The maximum Gasteiger partial charge on any atom is 0.00450 e. The van der Waals surface area contributed by atoms with E-state index >= 15 is 0 Å². The molecule has 0 heterocycles. The van der Waals surface area contributed by atoms with E-state index in [1.165, 1.54) is 19.4 Å². The Balaban J connectivity index is 2.04. The molecule has 0 saturated heterocycles. The molecule has 0 aliphatic heterocycles. The van der Waals surface area contributed by atoms with Crippen LogP contribution < -0.4 is 5.73 Å². The predicted molar refractivity (Wildman–Crippen MR) is 39.3 cm³/mol. The van der Waals surface area contributed by atoms with Gasteiger partial charge in [0.15, 0.2) is 0 Å². The third kappa shape index (κ3) is 1.95. The summed E-state index contributed by atoms with van der Waals surface area (Å²) >= 11 is 0. The minimum absolute atomic E-state index is 0.509. The van der Waals surface area contributed by atoms with E-state index < -0.39 is 0 Å². The van der Waals surface area contributed by atoms with Gasteiger partial charge in [-0.05, 0) is 32.9 Å². The van der Waals surface area contributed by atoms with E-state index in [0.29, 0.717) is 6.04 Å². The molecule has 9 heavy (non-hydrogen) atoms. The molecule has 0 aromatic rings. The van der Waals surface area contributed by atoms with Gasteiger partial charge in [0.2, 0.25) is 0 Å². The minimum Gasteiger partial charge on any atom is -0.328 e. The zero-order chi connectivity index (χ0) is 6.85. The van der Waals surface area contributed by atoms with Crippen molar-refractivity contribution in [2.24, 2.45) is 11.7 Å². The SMILES string of the molecule is CN(C)CC1CC(N)C1. The average Bonchev–Trinajstić information content (AvgIpc) is 1.60. The number of hydrogen-bond donors (Lipinski definition) is 1. The Morgan fingerprint density at radius 3 is 2.33 bits per heavy atom. The van der Waals surface area contributed by atoms with Crippen molar-refractivity contribution in [2.75, 3.05) is 20.6 Å². The maximum absolute atomic E-state index is 5.63. The summed E-state index contributed by atoms with van der Waals surface area (Å²) in [7, 11) is 4.23. The summed E-state index contributed by atoms with van der Waals surface area (Å²) in [4.78, 5) is 2.23. The Labute approximate surface area is 57.0 Å². The third-order valence-electron chi connectivity index (χ3n) is 1.90. The van der Waals surface area contributed by atoms with Gasteiger partial charge in [0.25, 0.3) is 0 Å². The Morgan fingerprint density at radius 1 is 1.44 bits per heavy atom. The van der Waals surface area contributed by atoms with Crippen molar-refractivity contribution in [2.45, 2.75) is 18.9 Å². The van der Waals surface area contributed by atoms with Gasteiger partial charge in [-0.25, -0.2) is 0 Å². The molecule has 0 amide bonds. The highest BCUT2D eigenvalue weighted by molar-refractivity contribution is 4.82. The van der Waals surface area contributed by atoms with E-state index in [2.05, 4.69) is 19.0 Å². The van der Waals surface area contributed by atoms with Gasteiger partial charge in [0.05, 0.1) is 0 Å². The zero-order valence-electron chi connectivity index (χ0n) is 6.30. The van der Waals surface area contributed by atoms with Gasteiger partial charge in [-0.2, -0.15) is 0 Å². The quantitative estimate of drug-likeness (QED) is 0.579. The second-order valence-electron chi connectivity index (χ2n) is 3.36. The van der Waals surface area contributed by atoms with E-state index in [0.717, 1.165) is 5.92 Å². The zero-order valence-corrected chi connectivity index (χ0v) is 6.30. The van der Waals surface area contributed by atoms with Gasteiger partial charge in [-0.1, -0.05) is 0 Å². The fraction of sp³-hybridized carbons (Fsp3) is 1.00. The Bertz CT molecular complexity index is 84.9. The highest BCUT2D eigenvalue weighted by Crippen LogP contribution is 2.25. The Morgan fingerprint density at radius 2 is 2.00 bits per heavy atom. The van der Waals surface area contributed by atoms with Crippen molar-refractivity contribution in [1.29, 1.82) is 0 Å². The van der Waals surface area contributed by atoms with E-state index in [1.54, 1.807) is 0 Å². The highest BCUT2D eigenvalue weighted by atomic mass is 15.1. The molecule has 0 unspecified atom stereocenters. The van der Waals surface area contributed by atoms with Crippen LogP contribution in [0.25, 0.3) is 0 Å². The highest BCUT2D eigenvalue weighted by Gasteiger charge is 2.25. The molecule has 1 aliphatic rings. The molecule has 1 fully saturated rings. The van der Waals surface area contributed by atoms with Crippen LogP contribution in [0.15, 0.2) is 0 Å². The van der Waals surface area contributed by atoms with Crippen LogP contribution >= 0.6 is 0 Å². The van der Waals surface area contributed by atoms with E-state index in [4.69, 9.17) is 5.73 Å². The van der Waals surface area contributed by atoms with Gasteiger partial charge in [0.1, 0.15) is 0 Å². The van der Waals surface area contributed by atoms with Crippen LogP contribution in [0.5, 0.6) is 0 Å². The molecule has 2 heteroatoms. The monoisotopic (exact) mass is 128 g/mol. The second-order valence-corrected chi connectivity index (χ2v) is 3.36. The van der Waals surface area contributed by atoms with Gasteiger partial charge >= 0.3 is 0 Å². The molecule has 0 spiro atoms. The molecule has 0 bridgehead atoms. The van der Waals surface area contributed by atoms with Crippen LogP contribution in [0, 0.1) is 5.92 Å². The molecular formula is C7H16N2.